The van der Waals surface area contributed by atoms with Crippen molar-refractivity contribution in [1.82, 2.24) is 4.90 Å². The Balaban J connectivity index is 1.76. The van der Waals surface area contributed by atoms with Gasteiger partial charge in [-0.3, -0.25) is 4.90 Å². The van der Waals surface area contributed by atoms with Crippen LogP contribution in [0.1, 0.15) is 11.1 Å². The van der Waals surface area contributed by atoms with E-state index >= 15 is 0 Å². The van der Waals surface area contributed by atoms with E-state index in [4.69, 9.17) is 9.47 Å². The molecule has 110 valence electrons. The van der Waals surface area contributed by atoms with Crippen LogP contribution in [0.4, 0.5) is 0 Å². The fraction of sp³-hybridized carbons (Fsp3) is 0.294. The molecule has 3 rings (SSSR count). The highest BCUT2D eigenvalue weighted by Crippen LogP contribution is 2.27. The van der Waals surface area contributed by atoms with Gasteiger partial charge < -0.3 is 14.6 Å². The lowest BCUT2D eigenvalue weighted by Gasteiger charge is -2.20. The van der Waals surface area contributed by atoms with E-state index in [0.29, 0.717) is 18.9 Å². The summed E-state index contributed by atoms with van der Waals surface area (Å²) in [5.74, 6) is 1.90. The molecule has 0 fully saturated rings. The Morgan fingerprint density at radius 3 is 2.90 bits per heavy atom. The predicted molar refractivity (Wildman–Crippen MR) is 80.7 cm³/mol. The number of benzene rings is 2. The van der Waals surface area contributed by atoms with Crippen LogP contribution in [0.5, 0.6) is 17.2 Å². The molecule has 0 radical (unpaired) electrons. The van der Waals surface area contributed by atoms with Crippen molar-refractivity contribution in [3.63, 3.8) is 0 Å². The molecule has 0 spiro atoms. The first-order chi connectivity index (χ1) is 10.3. The highest BCUT2D eigenvalue weighted by molar-refractivity contribution is 5.40. The Morgan fingerprint density at radius 2 is 2.10 bits per heavy atom. The van der Waals surface area contributed by atoms with Gasteiger partial charge in [-0.1, -0.05) is 24.3 Å². The molecule has 1 aliphatic heterocycles. The summed E-state index contributed by atoms with van der Waals surface area (Å²) in [5, 5.41) is 10.1. The second-order valence-electron chi connectivity index (χ2n) is 5.16. The molecular formula is C17H19NO3. The molecule has 1 N–H and O–H groups in total. The minimum Gasteiger partial charge on any atom is -0.507 e. The molecule has 2 aromatic carbocycles. The third-order valence-corrected chi connectivity index (χ3v) is 3.72. The molecule has 1 aliphatic rings. The quantitative estimate of drug-likeness (QED) is 0.941. The molecule has 4 nitrogen and oxygen atoms in total. The summed E-state index contributed by atoms with van der Waals surface area (Å²) in [4.78, 5) is 2.27. The Kier molecular flexibility index (Phi) is 3.97. The summed E-state index contributed by atoms with van der Waals surface area (Å²) < 4.78 is 10.9. The lowest BCUT2D eigenvalue weighted by atomic mass is 10.1. The van der Waals surface area contributed by atoms with Crippen molar-refractivity contribution >= 4 is 0 Å². The molecule has 1 heterocycles. The van der Waals surface area contributed by atoms with E-state index in [2.05, 4.69) is 11.0 Å². The number of rotatable bonds is 3. The fourth-order valence-electron chi connectivity index (χ4n) is 2.56. The zero-order chi connectivity index (χ0) is 14.7. The minimum absolute atomic E-state index is 0.271. The van der Waals surface area contributed by atoms with Gasteiger partial charge in [-0.05, 0) is 12.1 Å². The normalized spacial score (nSPS) is 14.9. The van der Waals surface area contributed by atoms with E-state index in [1.54, 1.807) is 13.2 Å². The zero-order valence-electron chi connectivity index (χ0n) is 12.1. The average Bonchev–Trinajstić information content (AvgIpc) is 2.71. The molecule has 0 atom stereocenters. The number of hydrogen-bond donors (Lipinski definition) is 1. The molecular weight excluding hydrogens is 266 g/mol. The number of hydrogen-bond acceptors (Lipinski definition) is 4. The molecule has 0 saturated carbocycles. The maximum Gasteiger partial charge on any atom is 0.123 e. The summed E-state index contributed by atoms with van der Waals surface area (Å²) in [6.45, 7) is 3.00. The lowest BCUT2D eigenvalue weighted by molar-refractivity contribution is 0.217. The van der Waals surface area contributed by atoms with Crippen molar-refractivity contribution < 1.29 is 14.6 Å². The standard InChI is InChI=1S/C17H19NO3/c1-20-15-7-6-13(16(19)10-15)11-18-8-9-21-17-5-3-2-4-14(17)12-18/h2-7,10,19H,8-9,11-12H2,1H3. The lowest BCUT2D eigenvalue weighted by Crippen LogP contribution is -2.25. The van der Waals surface area contributed by atoms with Gasteiger partial charge in [0.25, 0.3) is 0 Å². The van der Waals surface area contributed by atoms with Crippen LogP contribution in [0.25, 0.3) is 0 Å². The predicted octanol–water partition coefficient (Wildman–Crippen LogP) is 2.80. The number of ether oxygens (including phenoxy) is 2. The minimum atomic E-state index is 0.271. The van der Waals surface area contributed by atoms with Crippen LogP contribution in [0.15, 0.2) is 42.5 Å². The Hall–Kier alpha value is -2.20. The van der Waals surface area contributed by atoms with Gasteiger partial charge in [0, 0.05) is 36.8 Å². The number of aromatic hydroxyl groups is 1. The summed E-state index contributed by atoms with van der Waals surface area (Å²) in [5.41, 5.74) is 2.08. The number of methoxy groups -OCH3 is 1. The first kappa shape index (κ1) is 13.8. The number of fused-ring (bicyclic) bond motifs is 1. The smallest absolute Gasteiger partial charge is 0.123 e. The van der Waals surface area contributed by atoms with Crippen LogP contribution in [0.3, 0.4) is 0 Å². The van der Waals surface area contributed by atoms with Gasteiger partial charge in [0.2, 0.25) is 0 Å². The molecule has 4 heteroatoms. The monoisotopic (exact) mass is 285 g/mol. The number of nitrogens with zero attached hydrogens (tertiary/aromatic N) is 1. The van der Waals surface area contributed by atoms with Crippen molar-refractivity contribution in [3.8, 4) is 17.2 Å². The van der Waals surface area contributed by atoms with Gasteiger partial charge in [-0.15, -0.1) is 0 Å². The van der Waals surface area contributed by atoms with Crippen molar-refractivity contribution in [3.05, 3.63) is 53.6 Å². The Bertz CT molecular complexity index is 627. The van der Waals surface area contributed by atoms with E-state index in [9.17, 15) is 5.11 Å². The van der Waals surface area contributed by atoms with Crippen LogP contribution in [0, 0.1) is 0 Å². The second-order valence-corrected chi connectivity index (χ2v) is 5.16. The molecule has 0 aliphatic carbocycles. The highest BCUT2D eigenvalue weighted by Gasteiger charge is 2.16. The third kappa shape index (κ3) is 3.11. The Morgan fingerprint density at radius 1 is 1.24 bits per heavy atom. The first-order valence-electron chi connectivity index (χ1n) is 7.05. The van der Waals surface area contributed by atoms with Gasteiger partial charge in [-0.2, -0.15) is 0 Å². The van der Waals surface area contributed by atoms with Crippen molar-refractivity contribution in [2.45, 2.75) is 13.1 Å². The van der Waals surface area contributed by atoms with Crippen molar-refractivity contribution in [2.24, 2.45) is 0 Å². The molecule has 0 amide bonds. The average molecular weight is 285 g/mol. The van der Waals surface area contributed by atoms with E-state index in [-0.39, 0.29) is 5.75 Å². The van der Waals surface area contributed by atoms with Crippen LogP contribution in [-0.2, 0) is 13.1 Å². The van der Waals surface area contributed by atoms with Gasteiger partial charge in [0.15, 0.2) is 0 Å². The first-order valence-corrected chi connectivity index (χ1v) is 7.05. The van der Waals surface area contributed by atoms with E-state index in [0.717, 1.165) is 24.4 Å². The largest absolute Gasteiger partial charge is 0.507 e. The van der Waals surface area contributed by atoms with Crippen LogP contribution < -0.4 is 9.47 Å². The summed E-state index contributed by atoms with van der Waals surface area (Å²) in [6.07, 6.45) is 0. The topological polar surface area (TPSA) is 41.9 Å². The molecule has 0 saturated heterocycles. The van der Waals surface area contributed by atoms with E-state index in [1.807, 2.05) is 30.3 Å². The number of phenols is 1. The maximum absolute atomic E-state index is 10.1. The second kappa shape index (κ2) is 6.06. The van der Waals surface area contributed by atoms with Crippen molar-refractivity contribution in [2.75, 3.05) is 20.3 Å². The summed E-state index contributed by atoms with van der Waals surface area (Å²) >= 11 is 0. The van der Waals surface area contributed by atoms with E-state index < -0.39 is 0 Å². The van der Waals surface area contributed by atoms with Crippen LogP contribution in [0.2, 0.25) is 0 Å². The van der Waals surface area contributed by atoms with Crippen molar-refractivity contribution in [1.29, 1.82) is 0 Å². The van der Waals surface area contributed by atoms with Gasteiger partial charge >= 0.3 is 0 Å². The SMILES string of the molecule is COc1ccc(CN2CCOc3ccccc3C2)c(O)c1. The third-order valence-electron chi connectivity index (χ3n) is 3.72. The Labute approximate surface area is 124 Å². The molecule has 0 unspecified atom stereocenters. The van der Waals surface area contributed by atoms with E-state index in [1.165, 1.54) is 5.56 Å². The zero-order valence-corrected chi connectivity index (χ0v) is 12.1. The van der Waals surface area contributed by atoms with Crippen LogP contribution in [-0.4, -0.2) is 30.3 Å². The fourth-order valence-corrected chi connectivity index (χ4v) is 2.56. The summed E-state index contributed by atoms with van der Waals surface area (Å²) in [6, 6.07) is 13.5. The van der Waals surface area contributed by atoms with Gasteiger partial charge in [0.05, 0.1) is 7.11 Å². The van der Waals surface area contributed by atoms with Gasteiger partial charge in [-0.25, -0.2) is 0 Å². The van der Waals surface area contributed by atoms with Crippen LogP contribution >= 0.6 is 0 Å². The highest BCUT2D eigenvalue weighted by atomic mass is 16.5. The maximum atomic E-state index is 10.1. The summed E-state index contributed by atoms with van der Waals surface area (Å²) in [7, 11) is 1.59. The number of para-hydroxylation sites is 1. The number of phenolic OH excluding ortho intramolecular Hbond substituents is 1. The molecule has 0 bridgehead atoms. The molecule has 2 aromatic rings. The molecule has 21 heavy (non-hydrogen) atoms. The van der Waals surface area contributed by atoms with Gasteiger partial charge in [0.1, 0.15) is 23.9 Å². The molecule has 0 aromatic heterocycles.